The van der Waals surface area contributed by atoms with Crippen LogP contribution in [0.5, 0.6) is 0 Å². The van der Waals surface area contributed by atoms with Gasteiger partial charge in [0.15, 0.2) is 0 Å². The number of aromatic nitrogens is 7. The number of para-hydroxylation sites is 2. The summed E-state index contributed by atoms with van der Waals surface area (Å²) in [4.78, 5) is 29.6. The van der Waals surface area contributed by atoms with Crippen molar-refractivity contribution in [3.8, 4) is 5.95 Å². The molecule has 5 aromatic rings. The number of nitrogens with zero attached hydrogens (tertiary/aromatic N) is 6. The molecule has 0 aliphatic carbocycles. The van der Waals surface area contributed by atoms with Crippen LogP contribution in [0.3, 0.4) is 0 Å². The molecular weight excluding hydrogens is 350 g/mol. The predicted molar refractivity (Wildman–Crippen MR) is 100 cm³/mol. The van der Waals surface area contributed by atoms with E-state index in [-0.39, 0.29) is 5.56 Å². The van der Waals surface area contributed by atoms with Crippen LogP contribution in [0.1, 0.15) is 5.69 Å². The first-order valence-corrected chi connectivity index (χ1v) is 9.16. The summed E-state index contributed by atoms with van der Waals surface area (Å²) in [6.45, 7) is 1.81. The number of thioether (sulfide) groups is 1. The van der Waals surface area contributed by atoms with Gasteiger partial charge < -0.3 is 4.98 Å². The molecule has 0 atom stereocenters. The monoisotopic (exact) mass is 363 g/mol. The minimum Gasteiger partial charge on any atom is -0.323 e. The van der Waals surface area contributed by atoms with Crippen molar-refractivity contribution < 1.29 is 0 Å². The maximum atomic E-state index is 13.1. The third-order valence-electron chi connectivity index (χ3n) is 4.29. The van der Waals surface area contributed by atoms with Gasteiger partial charge in [-0.2, -0.15) is 9.50 Å². The molecule has 4 heterocycles. The molecule has 26 heavy (non-hydrogen) atoms. The van der Waals surface area contributed by atoms with Crippen molar-refractivity contribution in [1.82, 2.24) is 34.1 Å². The minimum atomic E-state index is -0.199. The predicted octanol–water partition coefficient (Wildman–Crippen LogP) is 2.34. The van der Waals surface area contributed by atoms with Gasteiger partial charge in [0.25, 0.3) is 11.3 Å². The highest BCUT2D eigenvalue weighted by atomic mass is 32.2. The van der Waals surface area contributed by atoms with Crippen LogP contribution in [0, 0.1) is 6.92 Å². The van der Waals surface area contributed by atoms with E-state index >= 15 is 0 Å². The zero-order chi connectivity index (χ0) is 17.8. The van der Waals surface area contributed by atoms with Gasteiger partial charge in [0.05, 0.1) is 27.6 Å². The number of imidazole rings is 1. The standard InChI is InChI=1S/C17H13N7OS/c1-9-13-12(24-16(18-9)21-17(22-24)26-2)7-8-23(14(13)25)15-19-10-5-3-4-6-11(10)20-15/h3-8H,1-2H3,(H,19,20). The first-order chi connectivity index (χ1) is 12.7. The fourth-order valence-corrected chi connectivity index (χ4v) is 3.41. The van der Waals surface area contributed by atoms with Crippen LogP contribution < -0.4 is 5.56 Å². The largest absolute Gasteiger partial charge is 0.323 e. The van der Waals surface area contributed by atoms with E-state index in [1.165, 1.54) is 16.3 Å². The normalized spacial score (nSPS) is 11.8. The lowest BCUT2D eigenvalue weighted by molar-refractivity contribution is 0.891. The molecule has 0 spiro atoms. The smallest absolute Gasteiger partial charge is 0.268 e. The van der Waals surface area contributed by atoms with E-state index in [2.05, 4.69) is 25.0 Å². The Morgan fingerprint density at radius 3 is 2.77 bits per heavy atom. The molecule has 0 saturated heterocycles. The molecule has 0 bridgehead atoms. The van der Waals surface area contributed by atoms with E-state index in [1.54, 1.807) is 17.6 Å². The van der Waals surface area contributed by atoms with Gasteiger partial charge in [0, 0.05) is 6.20 Å². The average Bonchev–Trinajstić information content (AvgIpc) is 3.25. The number of fused-ring (bicyclic) bond motifs is 4. The molecule has 128 valence electrons. The third kappa shape index (κ3) is 2.07. The van der Waals surface area contributed by atoms with Crippen LogP contribution >= 0.6 is 11.8 Å². The number of nitrogens with one attached hydrogen (secondary N) is 1. The first kappa shape index (κ1) is 15.1. The molecule has 8 nitrogen and oxygen atoms in total. The van der Waals surface area contributed by atoms with Gasteiger partial charge in [-0.25, -0.2) is 9.97 Å². The number of rotatable bonds is 2. The molecule has 9 heteroatoms. The lowest BCUT2D eigenvalue weighted by Crippen LogP contribution is -2.21. The summed E-state index contributed by atoms with van der Waals surface area (Å²) in [6.07, 6.45) is 3.60. The lowest BCUT2D eigenvalue weighted by atomic mass is 10.2. The topological polar surface area (TPSA) is 93.8 Å². The van der Waals surface area contributed by atoms with E-state index in [9.17, 15) is 4.79 Å². The number of pyridine rings is 1. The molecule has 0 amide bonds. The summed E-state index contributed by atoms with van der Waals surface area (Å²) in [7, 11) is 0. The van der Waals surface area contributed by atoms with E-state index in [0.29, 0.717) is 33.5 Å². The molecule has 0 radical (unpaired) electrons. The molecule has 0 fully saturated rings. The Labute approximate surface area is 150 Å². The van der Waals surface area contributed by atoms with Gasteiger partial charge in [0.2, 0.25) is 11.1 Å². The lowest BCUT2D eigenvalue weighted by Gasteiger charge is -2.06. The fraction of sp³-hybridized carbons (Fsp3) is 0.118. The Balaban J connectivity index is 1.83. The Morgan fingerprint density at radius 1 is 1.12 bits per heavy atom. The molecule has 0 aliphatic heterocycles. The maximum absolute atomic E-state index is 13.1. The molecule has 1 N–H and O–H groups in total. The van der Waals surface area contributed by atoms with Gasteiger partial charge in [-0.05, 0) is 31.4 Å². The van der Waals surface area contributed by atoms with Crippen molar-refractivity contribution in [3.63, 3.8) is 0 Å². The Morgan fingerprint density at radius 2 is 1.96 bits per heavy atom. The van der Waals surface area contributed by atoms with Gasteiger partial charge in [-0.1, -0.05) is 23.9 Å². The van der Waals surface area contributed by atoms with Crippen molar-refractivity contribution >= 4 is 39.5 Å². The molecule has 0 unspecified atom stereocenters. The van der Waals surface area contributed by atoms with E-state index in [1.807, 2.05) is 36.6 Å². The molecule has 1 aromatic carbocycles. The third-order valence-corrected chi connectivity index (χ3v) is 4.82. The summed E-state index contributed by atoms with van der Waals surface area (Å²) in [5.41, 5.74) is 2.77. The van der Waals surface area contributed by atoms with Crippen LogP contribution in [-0.2, 0) is 0 Å². The Hall–Kier alpha value is -3.20. The molecule has 0 aliphatic rings. The number of aryl methyl sites for hydroxylation is 1. The van der Waals surface area contributed by atoms with Crippen LogP contribution in [0.4, 0.5) is 0 Å². The first-order valence-electron chi connectivity index (χ1n) is 7.93. The maximum Gasteiger partial charge on any atom is 0.268 e. The number of aromatic amines is 1. The Bertz CT molecular complexity index is 1330. The highest BCUT2D eigenvalue weighted by molar-refractivity contribution is 7.98. The van der Waals surface area contributed by atoms with Gasteiger partial charge in [-0.3, -0.25) is 9.36 Å². The summed E-state index contributed by atoms with van der Waals surface area (Å²) < 4.78 is 3.10. The summed E-state index contributed by atoms with van der Waals surface area (Å²) >= 11 is 1.43. The van der Waals surface area contributed by atoms with Gasteiger partial charge in [-0.15, -0.1) is 5.10 Å². The zero-order valence-corrected chi connectivity index (χ0v) is 14.8. The van der Waals surface area contributed by atoms with Crippen molar-refractivity contribution in [3.05, 3.63) is 52.6 Å². The van der Waals surface area contributed by atoms with Crippen LogP contribution in [0.25, 0.3) is 33.7 Å². The number of benzene rings is 1. The van der Waals surface area contributed by atoms with Crippen LogP contribution in [0.2, 0.25) is 0 Å². The average molecular weight is 363 g/mol. The van der Waals surface area contributed by atoms with E-state index in [4.69, 9.17) is 0 Å². The minimum absolute atomic E-state index is 0.199. The summed E-state index contributed by atoms with van der Waals surface area (Å²) in [5, 5.41) is 5.53. The quantitative estimate of drug-likeness (QED) is 0.484. The SMILES string of the molecule is CSc1nc2nc(C)c3c(=O)n(-c4nc5ccccc5[nH]4)ccc3n2n1. The van der Waals surface area contributed by atoms with Gasteiger partial charge in [0.1, 0.15) is 0 Å². The highest BCUT2D eigenvalue weighted by Gasteiger charge is 2.16. The van der Waals surface area contributed by atoms with Gasteiger partial charge >= 0.3 is 0 Å². The molecule has 4 aromatic heterocycles. The summed E-state index contributed by atoms with van der Waals surface area (Å²) in [6, 6.07) is 9.50. The highest BCUT2D eigenvalue weighted by Crippen LogP contribution is 2.19. The molecular formula is C17H13N7OS. The second-order valence-corrected chi connectivity index (χ2v) is 6.61. The van der Waals surface area contributed by atoms with E-state index < -0.39 is 0 Å². The number of H-pyrrole nitrogens is 1. The number of hydrogen-bond donors (Lipinski definition) is 1. The van der Waals surface area contributed by atoms with Crippen LogP contribution in [-0.4, -0.2) is 40.4 Å². The van der Waals surface area contributed by atoms with Crippen molar-refractivity contribution in [2.75, 3.05) is 6.26 Å². The number of hydrogen-bond acceptors (Lipinski definition) is 6. The second kappa shape index (κ2) is 5.40. The zero-order valence-electron chi connectivity index (χ0n) is 14.0. The molecule has 5 rings (SSSR count). The van der Waals surface area contributed by atoms with Crippen LogP contribution in [0.15, 0.2) is 46.5 Å². The van der Waals surface area contributed by atoms with Crippen molar-refractivity contribution in [2.24, 2.45) is 0 Å². The van der Waals surface area contributed by atoms with Crippen molar-refractivity contribution in [1.29, 1.82) is 0 Å². The van der Waals surface area contributed by atoms with E-state index in [0.717, 1.165) is 11.0 Å². The Kier molecular flexibility index (Phi) is 3.13. The van der Waals surface area contributed by atoms with Crippen molar-refractivity contribution in [2.45, 2.75) is 12.1 Å². The molecule has 0 saturated carbocycles. The second-order valence-electron chi connectivity index (χ2n) is 5.84. The fourth-order valence-electron chi connectivity index (χ4n) is 3.07. The summed E-state index contributed by atoms with van der Waals surface area (Å²) in [5.74, 6) is 0.959.